The molecule has 21 heavy (non-hydrogen) atoms. The van der Waals surface area contributed by atoms with Gasteiger partial charge in [-0.3, -0.25) is 4.79 Å². The zero-order chi connectivity index (χ0) is 15.6. The van der Waals surface area contributed by atoms with Crippen LogP contribution in [0, 0.1) is 5.92 Å². The van der Waals surface area contributed by atoms with Crippen molar-refractivity contribution in [3.05, 3.63) is 33.8 Å². The molecule has 1 aliphatic rings. The van der Waals surface area contributed by atoms with E-state index in [1.807, 2.05) is 6.92 Å². The number of aliphatic carboxylic acids is 1. The molecule has 114 valence electrons. The first kappa shape index (κ1) is 16.1. The fourth-order valence-corrected chi connectivity index (χ4v) is 3.09. The van der Waals surface area contributed by atoms with Crippen molar-refractivity contribution in [1.82, 2.24) is 4.90 Å². The Morgan fingerprint density at radius 2 is 2.10 bits per heavy atom. The number of halogens is 2. The molecule has 6 heteroatoms. The zero-order valence-corrected chi connectivity index (χ0v) is 13.2. The first-order chi connectivity index (χ1) is 9.95. The predicted octanol–water partition coefficient (Wildman–Crippen LogP) is 3.71. The number of piperidine rings is 1. The summed E-state index contributed by atoms with van der Waals surface area (Å²) in [7, 11) is 0. The lowest BCUT2D eigenvalue weighted by atomic mass is 9.88. The van der Waals surface area contributed by atoms with Crippen molar-refractivity contribution in [3.8, 4) is 0 Å². The maximum Gasteiger partial charge on any atom is 0.326 e. The Balaban J connectivity index is 2.28. The number of hydrogen-bond acceptors (Lipinski definition) is 2. The van der Waals surface area contributed by atoms with E-state index in [0.717, 1.165) is 12.8 Å². The molecule has 1 aromatic rings. The van der Waals surface area contributed by atoms with Crippen molar-refractivity contribution in [2.75, 3.05) is 6.54 Å². The summed E-state index contributed by atoms with van der Waals surface area (Å²) >= 11 is 12.0. The summed E-state index contributed by atoms with van der Waals surface area (Å²) < 4.78 is 0. The molecule has 1 aromatic carbocycles. The van der Waals surface area contributed by atoms with Crippen LogP contribution in [-0.4, -0.2) is 34.5 Å². The molecule has 1 heterocycles. The molecule has 0 aliphatic carbocycles. The average molecular weight is 330 g/mol. The molecule has 1 saturated heterocycles. The van der Waals surface area contributed by atoms with Gasteiger partial charge in [-0.1, -0.05) is 42.6 Å². The van der Waals surface area contributed by atoms with Crippen LogP contribution in [0.3, 0.4) is 0 Å². The van der Waals surface area contributed by atoms with Crippen molar-refractivity contribution in [1.29, 1.82) is 0 Å². The molecule has 0 bridgehead atoms. The van der Waals surface area contributed by atoms with Gasteiger partial charge in [0.1, 0.15) is 6.04 Å². The number of carbonyl (C=O) groups excluding carboxylic acids is 1. The molecule has 0 spiro atoms. The third-order valence-electron chi connectivity index (χ3n) is 4.02. The van der Waals surface area contributed by atoms with Crippen LogP contribution in [0.4, 0.5) is 0 Å². The number of benzene rings is 1. The van der Waals surface area contributed by atoms with Gasteiger partial charge >= 0.3 is 5.97 Å². The van der Waals surface area contributed by atoms with Gasteiger partial charge < -0.3 is 10.0 Å². The highest BCUT2D eigenvalue weighted by Crippen LogP contribution is 2.30. The minimum Gasteiger partial charge on any atom is -0.480 e. The molecule has 1 amide bonds. The molecule has 1 N–H and O–H groups in total. The number of carboxylic acids is 1. The Hall–Kier alpha value is -1.26. The Kier molecular flexibility index (Phi) is 5.12. The number of carboxylic acid groups (broad SMARTS) is 1. The highest BCUT2D eigenvalue weighted by molar-refractivity contribution is 6.43. The third kappa shape index (κ3) is 3.33. The van der Waals surface area contributed by atoms with Crippen LogP contribution in [0.25, 0.3) is 0 Å². The fraction of sp³-hybridized carbons (Fsp3) is 0.467. The molecule has 1 fully saturated rings. The molecule has 0 aromatic heterocycles. The van der Waals surface area contributed by atoms with Gasteiger partial charge in [0.05, 0.1) is 15.6 Å². The quantitative estimate of drug-likeness (QED) is 0.919. The maximum absolute atomic E-state index is 12.6. The van der Waals surface area contributed by atoms with Crippen molar-refractivity contribution in [2.24, 2.45) is 5.92 Å². The molecule has 0 saturated carbocycles. The Morgan fingerprint density at radius 1 is 1.38 bits per heavy atom. The normalized spacial score (nSPS) is 22.1. The lowest BCUT2D eigenvalue weighted by Gasteiger charge is -2.37. The number of hydrogen-bond donors (Lipinski definition) is 1. The number of likely N-dealkylation sites (tertiary alicyclic amines) is 1. The molecule has 2 unspecified atom stereocenters. The van der Waals surface area contributed by atoms with Gasteiger partial charge in [-0.05, 0) is 30.9 Å². The van der Waals surface area contributed by atoms with Crippen LogP contribution in [0.15, 0.2) is 18.2 Å². The van der Waals surface area contributed by atoms with E-state index in [-0.39, 0.29) is 21.5 Å². The first-order valence-electron chi connectivity index (χ1n) is 6.93. The largest absolute Gasteiger partial charge is 0.480 e. The molecule has 4 nitrogen and oxygen atoms in total. The van der Waals surface area contributed by atoms with Gasteiger partial charge in [0.15, 0.2) is 0 Å². The summed E-state index contributed by atoms with van der Waals surface area (Å²) in [6.45, 7) is 2.46. The van der Waals surface area contributed by atoms with Crippen LogP contribution in [-0.2, 0) is 4.79 Å². The summed E-state index contributed by atoms with van der Waals surface area (Å²) in [6.07, 6.45) is 2.21. The monoisotopic (exact) mass is 329 g/mol. The summed E-state index contributed by atoms with van der Waals surface area (Å²) in [6, 6.07) is 4.00. The second kappa shape index (κ2) is 6.67. The second-order valence-corrected chi connectivity index (χ2v) is 6.04. The topological polar surface area (TPSA) is 57.6 Å². The SMILES string of the molecule is CCC1CCN(C(=O)c2cccc(Cl)c2Cl)C(C(=O)O)C1. The van der Waals surface area contributed by atoms with Gasteiger partial charge in [0.2, 0.25) is 0 Å². The minimum atomic E-state index is -0.973. The Labute approximate surface area is 133 Å². The summed E-state index contributed by atoms with van der Waals surface area (Å²) in [5.74, 6) is -1.01. The summed E-state index contributed by atoms with van der Waals surface area (Å²) in [5, 5.41) is 9.85. The number of nitrogens with zero attached hydrogens (tertiary/aromatic N) is 1. The Morgan fingerprint density at radius 3 is 2.71 bits per heavy atom. The first-order valence-corrected chi connectivity index (χ1v) is 7.69. The Bertz CT molecular complexity index is 562. The molecule has 2 rings (SSSR count). The smallest absolute Gasteiger partial charge is 0.326 e. The van der Waals surface area contributed by atoms with E-state index in [4.69, 9.17) is 23.2 Å². The highest BCUT2D eigenvalue weighted by atomic mass is 35.5. The number of amides is 1. The van der Waals surface area contributed by atoms with Gasteiger partial charge in [0, 0.05) is 6.54 Å². The standard InChI is InChI=1S/C15H17Cl2NO3/c1-2-9-6-7-18(12(8-9)15(20)21)14(19)10-4-3-5-11(16)13(10)17/h3-5,9,12H,2,6-8H2,1H3,(H,20,21). The highest BCUT2D eigenvalue weighted by Gasteiger charge is 2.36. The number of rotatable bonds is 3. The second-order valence-electron chi connectivity index (χ2n) is 5.25. The van der Waals surface area contributed by atoms with Crippen LogP contribution < -0.4 is 0 Å². The van der Waals surface area contributed by atoms with E-state index in [9.17, 15) is 14.7 Å². The summed E-state index contributed by atoms with van der Waals surface area (Å²) in [5.41, 5.74) is 0.255. The van der Waals surface area contributed by atoms with Crippen LogP contribution >= 0.6 is 23.2 Å². The van der Waals surface area contributed by atoms with Gasteiger partial charge in [-0.15, -0.1) is 0 Å². The van der Waals surface area contributed by atoms with Crippen LogP contribution in [0.5, 0.6) is 0 Å². The van der Waals surface area contributed by atoms with Crippen molar-refractivity contribution >= 4 is 35.1 Å². The van der Waals surface area contributed by atoms with Crippen molar-refractivity contribution in [3.63, 3.8) is 0 Å². The molecule has 0 radical (unpaired) electrons. The fourth-order valence-electron chi connectivity index (χ4n) is 2.71. The zero-order valence-electron chi connectivity index (χ0n) is 11.7. The van der Waals surface area contributed by atoms with Crippen LogP contribution in [0.1, 0.15) is 36.5 Å². The van der Waals surface area contributed by atoms with E-state index < -0.39 is 12.0 Å². The lowest BCUT2D eigenvalue weighted by Crippen LogP contribution is -2.50. The maximum atomic E-state index is 12.6. The minimum absolute atomic E-state index is 0.172. The number of carbonyl (C=O) groups is 2. The molecular weight excluding hydrogens is 313 g/mol. The van der Waals surface area contributed by atoms with E-state index in [1.54, 1.807) is 18.2 Å². The lowest BCUT2D eigenvalue weighted by molar-refractivity contribution is -0.144. The predicted molar refractivity (Wildman–Crippen MR) is 81.9 cm³/mol. The van der Waals surface area contributed by atoms with Crippen molar-refractivity contribution in [2.45, 2.75) is 32.2 Å². The summed E-state index contributed by atoms with van der Waals surface area (Å²) in [4.78, 5) is 25.5. The van der Waals surface area contributed by atoms with Gasteiger partial charge in [-0.25, -0.2) is 4.79 Å². The van der Waals surface area contributed by atoms with E-state index in [2.05, 4.69) is 0 Å². The van der Waals surface area contributed by atoms with Gasteiger partial charge in [0.25, 0.3) is 5.91 Å². The molecule has 1 aliphatic heterocycles. The van der Waals surface area contributed by atoms with Gasteiger partial charge in [-0.2, -0.15) is 0 Å². The molecule has 2 atom stereocenters. The average Bonchev–Trinajstić information content (AvgIpc) is 2.48. The molecular formula is C15H17Cl2NO3. The third-order valence-corrected chi connectivity index (χ3v) is 4.84. The van der Waals surface area contributed by atoms with Crippen molar-refractivity contribution < 1.29 is 14.7 Å². The van der Waals surface area contributed by atoms with E-state index >= 15 is 0 Å². The van der Waals surface area contributed by atoms with E-state index in [0.29, 0.717) is 18.9 Å². The van der Waals surface area contributed by atoms with Crippen LogP contribution in [0.2, 0.25) is 10.0 Å². The van der Waals surface area contributed by atoms with E-state index in [1.165, 1.54) is 4.90 Å².